The number of ether oxygens (including phenoxy) is 5. The van der Waals surface area contributed by atoms with Crippen molar-refractivity contribution < 1.29 is 33.3 Å². The van der Waals surface area contributed by atoms with E-state index in [0.717, 1.165) is 22.3 Å². The molecule has 1 saturated heterocycles. The van der Waals surface area contributed by atoms with Crippen molar-refractivity contribution in [2.45, 2.75) is 77.1 Å². The Kier molecular flexibility index (Phi) is 12.8. The van der Waals surface area contributed by atoms with Crippen LogP contribution in [0.15, 0.2) is 121 Å². The maximum atomic E-state index is 13.9. The third kappa shape index (κ3) is 11.2. The van der Waals surface area contributed by atoms with E-state index in [4.69, 9.17) is 23.7 Å². The molecule has 1 aliphatic heterocycles. The van der Waals surface area contributed by atoms with Crippen molar-refractivity contribution >= 4 is 12.2 Å². The molecule has 1 aliphatic rings. The van der Waals surface area contributed by atoms with Crippen LogP contribution in [0.25, 0.3) is 0 Å². The van der Waals surface area contributed by atoms with Gasteiger partial charge in [0.1, 0.15) is 24.4 Å². The summed E-state index contributed by atoms with van der Waals surface area (Å²) in [6, 6.07) is 37.6. The fraction of sp³-hybridized carbons (Fsp3) is 0.350. The molecule has 2 amide bonds. The van der Waals surface area contributed by atoms with Gasteiger partial charge in [-0.05, 0) is 43.0 Å². The van der Waals surface area contributed by atoms with E-state index in [1.807, 2.05) is 142 Å². The van der Waals surface area contributed by atoms with E-state index >= 15 is 0 Å². The molecule has 1 fully saturated rings. The van der Waals surface area contributed by atoms with E-state index in [1.165, 1.54) is 0 Å². The van der Waals surface area contributed by atoms with Crippen LogP contribution in [0.3, 0.4) is 0 Å². The van der Waals surface area contributed by atoms with Crippen molar-refractivity contribution in [3.8, 4) is 0 Å². The quantitative estimate of drug-likeness (QED) is 0.160. The van der Waals surface area contributed by atoms with Gasteiger partial charge in [-0.15, -0.1) is 0 Å². The average molecular weight is 667 g/mol. The van der Waals surface area contributed by atoms with Crippen LogP contribution in [-0.2, 0) is 50.1 Å². The van der Waals surface area contributed by atoms with Gasteiger partial charge in [0, 0.05) is 6.54 Å². The fourth-order valence-electron chi connectivity index (χ4n) is 5.66. The van der Waals surface area contributed by atoms with Crippen LogP contribution in [0.4, 0.5) is 9.59 Å². The molecule has 0 unspecified atom stereocenters. The van der Waals surface area contributed by atoms with Crippen LogP contribution in [0.1, 0.15) is 43.0 Å². The van der Waals surface area contributed by atoms with Gasteiger partial charge in [-0.3, -0.25) is 4.90 Å². The molecule has 258 valence electrons. The molecule has 1 N–H and O–H groups in total. The lowest BCUT2D eigenvalue weighted by molar-refractivity contribution is -0.164. The first-order chi connectivity index (χ1) is 23.7. The summed E-state index contributed by atoms with van der Waals surface area (Å²) in [6.45, 7) is 6.63. The molecule has 0 aromatic heterocycles. The Hall–Kier alpha value is -4.70. The number of likely N-dealkylation sites (tertiary alicyclic amines) is 1. The highest BCUT2D eigenvalue weighted by Crippen LogP contribution is 2.29. The monoisotopic (exact) mass is 666 g/mol. The molecule has 49 heavy (non-hydrogen) atoms. The molecule has 9 heteroatoms. The first kappa shape index (κ1) is 35.6. The summed E-state index contributed by atoms with van der Waals surface area (Å²) >= 11 is 0. The van der Waals surface area contributed by atoms with Gasteiger partial charge in [0.05, 0.1) is 38.5 Å². The summed E-state index contributed by atoms with van der Waals surface area (Å²) in [6.07, 6.45) is -2.58. The number of piperidine rings is 1. The van der Waals surface area contributed by atoms with Crippen molar-refractivity contribution in [1.82, 2.24) is 10.2 Å². The first-order valence-corrected chi connectivity index (χ1v) is 16.6. The lowest BCUT2D eigenvalue weighted by Crippen LogP contribution is -2.69. The summed E-state index contributed by atoms with van der Waals surface area (Å²) in [4.78, 5) is 28.8. The summed E-state index contributed by atoms with van der Waals surface area (Å²) < 4.78 is 31.1. The minimum Gasteiger partial charge on any atom is -0.445 e. The molecule has 4 atom stereocenters. The number of amides is 2. The number of benzene rings is 4. The molecular weight excluding hydrogens is 620 g/mol. The van der Waals surface area contributed by atoms with E-state index in [0.29, 0.717) is 6.61 Å². The second-order valence-electron chi connectivity index (χ2n) is 13.0. The minimum atomic E-state index is -0.759. The van der Waals surface area contributed by atoms with Gasteiger partial charge in [0.15, 0.2) is 0 Å². The van der Waals surface area contributed by atoms with Gasteiger partial charge >= 0.3 is 12.2 Å². The summed E-state index contributed by atoms with van der Waals surface area (Å²) in [7, 11) is 0. The van der Waals surface area contributed by atoms with Crippen molar-refractivity contribution in [3.63, 3.8) is 0 Å². The molecule has 0 bridgehead atoms. The van der Waals surface area contributed by atoms with Gasteiger partial charge in [0.2, 0.25) is 0 Å². The normalized spacial score (nSPS) is 19.2. The summed E-state index contributed by atoms with van der Waals surface area (Å²) in [5.41, 5.74) is 3.01. The number of hydrogen-bond donors (Lipinski definition) is 1. The lowest BCUT2D eigenvalue weighted by Gasteiger charge is -2.48. The van der Waals surface area contributed by atoms with E-state index in [-0.39, 0.29) is 33.0 Å². The first-order valence-electron chi connectivity index (χ1n) is 16.6. The van der Waals surface area contributed by atoms with Crippen molar-refractivity contribution in [3.05, 3.63) is 144 Å². The number of carbonyl (C=O) groups excluding carboxylic acids is 2. The SMILES string of the molecule is CC(C)(C)OC(=O)N1C[C@H](NC(=O)OCc2ccccc2)[C@@H](OCc2ccccc2)[C@H](OCc2ccccc2)[C@H]1COCc1ccccc1. The molecule has 9 nitrogen and oxygen atoms in total. The molecular formula is C40H46N2O7. The van der Waals surface area contributed by atoms with E-state index in [9.17, 15) is 9.59 Å². The Labute approximate surface area is 289 Å². The van der Waals surface area contributed by atoms with E-state index in [2.05, 4.69) is 5.32 Å². The van der Waals surface area contributed by atoms with E-state index < -0.39 is 42.1 Å². The number of hydrogen-bond acceptors (Lipinski definition) is 7. The highest BCUT2D eigenvalue weighted by atomic mass is 16.6. The molecule has 4 aromatic carbocycles. The van der Waals surface area contributed by atoms with Gasteiger partial charge in [-0.25, -0.2) is 9.59 Å². The summed E-state index contributed by atoms with van der Waals surface area (Å²) in [5.74, 6) is 0. The third-order valence-corrected chi connectivity index (χ3v) is 8.01. The van der Waals surface area contributed by atoms with Crippen LogP contribution in [0.5, 0.6) is 0 Å². The lowest BCUT2D eigenvalue weighted by atomic mass is 9.92. The van der Waals surface area contributed by atoms with Crippen LogP contribution in [0, 0.1) is 0 Å². The topological polar surface area (TPSA) is 95.6 Å². The smallest absolute Gasteiger partial charge is 0.410 e. The van der Waals surface area contributed by atoms with E-state index in [1.54, 1.807) is 4.90 Å². The summed E-state index contributed by atoms with van der Waals surface area (Å²) in [5, 5.41) is 3.00. The highest BCUT2D eigenvalue weighted by molar-refractivity contribution is 5.70. The molecule has 5 rings (SSSR count). The Morgan fingerprint density at radius 2 is 1.10 bits per heavy atom. The number of nitrogens with zero attached hydrogens (tertiary/aromatic N) is 1. The zero-order chi connectivity index (χ0) is 34.5. The van der Waals surface area contributed by atoms with Crippen LogP contribution in [0.2, 0.25) is 0 Å². The number of alkyl carbamates (subject to hydrolysis) is 1. The Morgan fingerprint density at radius 1 is 0.653 bits per heavy atom. The van der Waals surface area contributed by atoms with Crippen molar-refractivity contribution in [1.29, 1.82) is 0 Å². The van der Waals surface area contributed by atoms with Crippen LogP contribution in [-0.4, -0.2) is 60.1 Å². The second-order valence-corrected chi connectivity index (χ2v) is 13.0. The fourth-order valence-corrected chi connectivity index (χ4v) is 5.66. The Morgan fingerprint density at radius 3 is 1.59 bits per heavy atom. The predicted molar refractivity (Wildman–Crippen MR) is 186 cm³/mol. The van der Waals surface area contributed by atoms with Gasteiger partial charge < -0.3 is 29.0 Å². The zero-order valence-corrected chi connectivity index (χ0v) is 28.4. The van der Waals surface area contributed by atoms with Crippen molar-refractivity contribution in [2.75, 3.05) is 13.2 Å². The van der Waals surface area contributed by atoms with Gasteiger partial charge in [-0.1, -0.05) is 121 Å². The van der Waals surface area contributed by atoms with Crippen LogP contribution < -0.4 is 5.32 Å². The standard InChI is InChI=1S/C40H46N2O7/c1-40(2,3)49-39(44)42-24-34(41-38(43)48-28-33-22-14-7-15-23-33)36(46-26-31-18-10-5-11-19-31)37(47-27-32-20-12-6-13-21-32)35(42)29-45-25-30-16-8-4-9-17-30/h4-23,34-37H,24-29H2,1-3H3,(H,41,43)/t34-,35+,36+,37+/m0/s1. The second kappa shape index (κ2) is 17.6. The molecule has 0 aliphatic carbocycles. The maximum absolute atomic E-state index is 13.9. The zero-order valence-electron chi connectivity index (χ0n) is 28.4. The number of rotatable bonds is 13. The Bertz CT molecular complexity index is 1570. The minimum absolute atomic E-state index is 0.0827. The van der Waals surface area contributed by atoms with Gasteiger partial charge in [-0.2, -0.15) is 0 Å². The third-order valence-electron chi connectivity index (χ3n) is 8.01. The molecule has 0 spiro atoms. The average Bonchev–Trinajstić information content (AvgIpc) is 3.10. The predicted octanol–water partition coefficient (Wildman–Crippen LogP) is 7.29. The largest absolute Gasteiger partial charge is 0.445 e. The van der Waals surface area contributed by atoms with Crippen LogP contribution >= 0.6 is 0 Å². The number of nitrogens with one attached hydrogen (secondary N) is 1. The molecule has 0 saturated carbocycles. The Balaban J connectivity index is 1.46. The molecule has 0 radical (unpaired) electrons. The molecule has 4 aromatic rings. The maximum Gasteiger partial charge on any atom is 0.410 e. The highest BCUT2D eigenvalue weighted by Gasteiger charge is 2.49. The number of carbonyl (C=O) groups is 2. The van der Waals surface area contributed by atoms with Gasteiger partial charge in [0.25, 0.3) is 0 Å². The molecule has 1 heterocycles. The van der Waals surface area contributed by atoms with Crippen molar-refractivity contribution in [2.24, 2.45) is 0 Å².